The summed E-state index contributed by atoms with van der Waals surface area (Å²) in [5.41, 5.74) is 0. The summed E-state index contributed by atoms with van der Waals surface area (Å²) in [6.45, 7) is 6.31. The highest BCUT2D eigenvalue weighted by molar-refractivity contribution is 5.81. The Balaban J connectivity index is 1.49. The number of nitrogens with zero attached hydrogens (tertiary/aromatic N) is 4. The van der Waals surface area contributed by atoms with Gasteiger partial charge in [0.1, 0.15) is 6.33 Å². The molecule has 7 heteroatoms. The van der Waals surface area contributed by atoms with E-state index in [1.807, 2.05) is 16.4 Å². The number of carbonyl (C=O) groups is 2. The molecule has 1 aliphatic heterocycles. The van der Waals surface area contributed by atoms with Crippen LogP contribution in [0.1, 0.15) is 64.2 Å². The van der Waals surface area contributed by atoms with E-state index < -0.39 is 0 Å². The van der Waals surface area contributed by atoms with E-state index in [0.717, 1.165) is 44.5 Å². The fourth-order valence-electron chi connectivity index (χ4n) is 3.68. The van der Waals surface area contributed by atoms with Gasteiger partial charge in [0.15, 0.2) is 5.82 Å². The van der Waals surface area contributed by atoms with Gasteiger partial charge in [0.2, 0.25) is 11.8 Å². The van der Waals surface area contributed by atoms with E-state index in [2.05, 4.69) is 22.4 Å². The van der Waals surface area contributed by atoms with E-state index in [-0.39, 0.29) is 23.8 Å². The summed E-state index contributed by atoms with van der Waals surface area (Å²) in [4.78, 5) is 26.8. The smallest absolute Gasteiger partial charge is 0.225 e. The van der Waals surface area contributed by atoms with Crippen LogP contribution in [0.5, 0.6) is 0 Å². The number of aromatic nitrogens is 3. The number of amides is 2. The minimum Gasteiger partial charge on any atom is -0.346 e. The number of nitrogens with one attached hydrogen (secondary N) is 1. The standard InChI is InChI=1S/C18H29N5O2/c1-3-9-23-12-19-21-16(23)13(2)20-17(24)14-7-10-22(11-8-14)18(25)15-5-4-6-15/h12-15H,3-11H2,1-2H3,(H,20,24). The van der Waals surface area contributed by atoms with Crippen molar-refractivity contribution in [1.82, 2.24) is 25.0 Å². The first-order valence-electron chi connectivity index (χ1n) is 9.57. The average Bonchev–Trinajstić information content (AvgIpc) is 3.02. The summed E-state index contributed by atoms with van der Waals surface area (Å²) in [6, 6.07) is -0.156. The lowest BCUT2D eigenvalue weighted by Gasteiger charge is -2.36. The van der Waals surface area contributed by atoms with Gasteiger partial charge in [-0.05, 0) is 39.0 Å². The molecule has 25 heavy (non-hydrogen) atoms. The minimum atomic E-state index is -0.156. The zero-order chi connectivity index (χ0) is 17.8. The Hall–Kier alpha value is -1.92. The average molecular weight is 347 g/mol. The Bertz CT molecular complexity index is 602. The Morgan fingerprint density at radius 3 is 2.56 bits per heavy atom. The number of hydrogen-bond acceptors (Lipinski definition) is 4. The van der Waals surface area contributed by atoms with E-state index >= 15 is 0 Å². The summed E-state index contributed by atoms with van der Waals surface area (Å²) in [7, 11) is 0. The van der Waals surface area contributed by atoms with Gasteiger partial charge in [-0.3, -0.25) is 9.59 Å². The van der Waals surface area contributed by atoms with E-state index in [4.69, 9.17) is 0 Å². The minimum absolute atomic E-state index is 0.0181. The fraction of sp³-hybridized carbons (Fsp3) is 0.778. The normalized spacial score (nSPS) is 20.2. The molecule has 1 N–H and O–H groups in total. The number of piperidine rings is 1. The van der Waals surface area contributed by atoms with E-state index in [0.29, 0.717) is 19.0 Å². The second kappa shape index (κ2) is 7.97. The number of likely N-dealkylation sites (tertiary alicyclic amines) is 1. The van der Waals surface area contributed by atoms with Crippen molar-refractivity contribution in [1.29, 1.82) is 0 Å². The third kappa shape index (κ3) is 4.02. The quantitative estimate of drug-likeness (QED) is 0.852. The van der Waals surface area contributed by atoms with Crippen LogP contribution in [0.15, 0.2) is 6.33 Å². The highest BCUT2D eigenvalue weighted by Gasteiger charge is 2.33. The first-order chi connectivity index (χ1) is 12.1. The molecule has 0 radical (unpaired) electrons. The van der Waals surface area contributed by atoms with Gasteiger partial charge in [-0.1, -0.05) is 13.3 Å². The van der Waals surface area contributed by atoms with Crippen molar-refractivity contribution in [3.8, 4) is 0 Å². The summed E-state index contributed by atoms with van der Waals surface area (Å²) >= 11 is 0. The Morgan fingerprint density at radius 2 is 1.96 bits per heavy atom. The lowest BCUT2D eigenvalue weighted by atomic mass is 9.83. The molecule has 1 aliphatic carbocycles. The number of hydrogen-bond donors (Lipinski definition) is 1. The summed E-state index contributed by atoms with van der Waals surface area (Å²) in [6.07, 6.45) is 7.46. The number of carbonyl (C=O) groups excluding carboxylic acids is 2. The predicted molar refractivity (Wildman–Crippen MR) is 93.5 cm³/mol. The van der Waals surface area contributed by atoms with Crippen molar-refractivity contribution in [2.45, 2.75) is 65.0 Å². The maximum atomic E-state index is 12.6. The maximum absolute atomic E-state index is 12.6. The third-order valence-electron chi connectivity index (χ3n) is 5.49. The molecule has 7 nitrogen and oxygen atoms in total. The van der Waals surface area contributed by atoms with Crippen molar-refractivity contribution >= 4 is 11.8 Å². The number of rotatable bonds is 6. The van der Waals surface area contributed by atoms with Crippen LogP contribution < -0.4 is 5.32 Å². The van der Waals surface area contributed by atoms with Crippen LogP contribution in [0.4, 0.5) is 0 Å². The van der Waals surface area contributed by atoms with Gasteiger partial charge in [0.25, 0.3) is 0 Å². The van der Waals surface area contributed by atoms with Crippen molar-refractivity contribution in [2.24, 2.45) is 11.8 Å². The van der Waals surface area contributed by atoms with Crippen molar-refractivity contribution in [3.63, 3.8) is 0 Å². The van der Waals surface area contributed by atoms with Gasteiger partial charge in [-0.25, -0.2) is 0 Å². The molecule has 0 spiro atoms. The monoisotopic (exact) mass is 347 g/mol. The first-order valence-corrected chi connectivity index (χ1v) is 9.57. The van der Waals surface area contributed by atoms with Gasteiger partial charge in [-0.15, -0.1) is 10.2 Å². The molecular formula is C18H29N5O2. The number of aryl methyl sites for hydroxylation is 1. The highest BCUT2D eigenvalue weighted by atomic mass is 16.2. The maximum Gasteiger partial charge on any atom is 0.225 e. The van der Waals surface area contributed by atoms with Crippen LogP contribution in [0.25, 0.3) is 0 Å². The molecule has 2 fully saturated rings. The fourth-order valence-corrected chi connectivity index (χ4v) is 3.68. The summed E-state index contributed by atoms with van der Waals surface area (Å²) in [5.74, 6) is 1.39. The molecular weight excluding hydrogens is 318 g/mol. The highest BCUT2D eigenvalue weighted by Crippen LogP contribution is 2.30. The molecule has 0 bridgehead atoms. The Kier molecular flexibility index (Phi) is 5.71. The zero-order valence-corrected chi connectivity index (χ0v) is 15.3. The van der Waals surface area contributed by atoms with Gasteiger partial charge in [0.05, 0.1) is 6.04 Å². The first kappa shape index (κ1) is 17.9. The lowest BCUT2D eigenvalue weighted by molar-refractivity contribution is -0.141. The summed E-state index contributed by atoms with van der Waals surface area (Å²) in [5, 5.41) is 11.2. The second-order valence-electron chi connectivity index (χ2n) is 7.34. The van der Waals surface area contributed by atoms with Crippen LogP contribution >= 0.6 is 0 Å². The molecule has 1 saturated heterocycles. The molecule has 1 saturated carbocycles. The summed E-state index contributed by atoms with van der Waals surface area (Å²) < 4.78 is 1.99. The van der Waals surface area contributed by atoms with Crippen LogP contribution in [-0.2, 0) is 16.1 Å². The van der Waals surface area contributed by atoms with Gasteiger partial charge in [0, 0.05) is 31.5 Å². The van der Waals surface area contributed by atoms with E-state index in [1.165, 1.54) is 6.42 Å². The Labute approximate surface area is 149 Å². The van der Waals surface area contributed by atoms with Crippen LogP contribution in [0, 0.1) is 11.8 Å². The van der Waals surface area contributed by atoms with E-state index in [9.17, 15) is 9.59 Å². The largest absolute Gasteiger partial charge is 0.346 e. The lowest BCUT2D eigenvalue weighted by Crippen LogP contribution is -2.46. The topological polar surface area (TPSA) is 80.1 Å². The molecule has 2 aliphatic rings. The van der Waals surface area contributed by atoms with Crippen LogP contribution in [0.2, 0.25) is 0 Å². The molecule has 1 aromatic heterocycles. The van der Waals surface area contributed by atoms with E-state index in [1.54, 1.807) is 6.33 Å². The molecule has 3 rings (SSSR count). The molecule has 1 atom stereocenters. The van der Waals surface area contributed by atoms with Crippen molar-refractivity contribution < 1.29 is 9.59 Å². The Morgan fingerprint density at radius 1 is 1.24 bits per heavy atom. The van der Waals surface area contributed by atoms with Crippen LogP contribution in [0.3, 0.4) is 0 Å². The molecule has 1 aromatic rings. The SMILES string of the molecule is CCCn1cnnc1C(C)NC(=O)C1CCN(C(=O)C2CCC2)CC1. The van der Waals surface area contributed by atoms with Crippen LogP contribution in [-0.4, -0.2) is 44.6 Å². The molecule has 2 amide bonds. The molecule has 0 aromatic carbocycles. The van der Waals surface area contributed by atoms with Gasteiger partial charge in [-0.2, -0.15) is 0 Å². The zero-order valence-electron chi connectivity index (χ0n) is 15.3. The molecule has 1 unspecified atom stereocenters. The molecule has 2 heterocycles. The third-order valence-corrected chi connectivity index (χ3v) is 5.49. The van der Waals surface area contributed by atoms with Gasteiger partial charge < -0.3 is 14.8 Å². The second-order valence-corrected chi connectivity index (χ2v) is 7.34. The van der Waals surface area contributed by atoms with Crippen molar-refractivity contribution in [3.05, 3.63) is 12.2 Å². The van der Waals surface area contributed by atoms with Gasteiger partial charge >= 0.3 is 0 Å². The predicted octanol–water partition coefficient (Wildman–Crippen LogP) is 1.90. The molecule has 138 valence electrons. The van der Waals surface area contributed by atoms with Crippen molar-refractivity contribution in [2.75, 3.05) is 13.1 Å².